The van der Waals surface area contributed by atoms with E-state index < -0.39 is 6.04 Å². The van der Waals surface area contributed by atoms with Crippen molar-refractivity contribution >= 4 is 28.3 Å². The van der Waals surface area contributed by atoms with Crippen molar-refractivity contribution < 1.29 is 9.59 Å². The molecule has 2 amide bonds. The van der Waals surface area contributed by atoms with Crippen molar-refractivity contribution in [2.24, 2.45) is 5.73 Å². The predicted octanol–water partition coefficient (Wildman–Crippen LogP) is 4.55. The summed E-state index contributed by atoms with van der Waals surface area (Å²) in [6.45, 7) is 0.929. The largest absolute Gasteiger partial charge is 0.326 e. The standard InChI is InChI=1S/C29H27N3O2/c30-19-21-10-13-26-24(16-21)14-15-32(29(26)34)27(17-20-6-2-1-3-7-20)28(33)31-25-12-11-22-8-4-5-9-23(22)18-25/h1-13,16,18,27H,14-15,17,19,30H2,(H,31,33)/t27-/m0/s1. The molecule has 5 rings (SSSR count). The molecule has 0 saturated carbocycles. The second-order valence-corrected chi connectivity index (χ2v) is 8.70. The van der Waals surface area contributed by atoms with Gasteiger partial charge in [0.15, 0.2) is 0 Å². The van der Waals surface area contributed by atoms with Gasteiger partial charge < -0.3 is 16.0 Å². The Bertz CT molecular complexity index is 1350. The summed E-state index contributed by atoms with van der Waals surface area (Å²) in [4.78, 5) is 28.8. The Kier molecular flexibility index (Phi) is 6.11. The fraction of sp³-hybridized carbons (Fsp3) is 0.172. The lowest BCUT2D eigenvalue weighted by molar-refractivity contribution is -0.120. The van der Waals surface area contributed by atoms with Crippen molar-refractivity contribution in [2.75, 3.05) is 11.9 Å². The van der Waals surface area contributed by atoms with Crippen molar-refractivity contribution in [2.45, 2.75) is 25.4 Å². The van der Waals surface area contributed by atoms with Gasteiger partial charge in [-0.2, -0.15) is 0 Å². The Labute approximate surface area is 199 Å². The Morgan fingerprint density at radius 2 is 1.65 bits per heavy atom. The van der Waals surface area contributed by atoms with E-state index in [4.69, 9.17) is 5.73 Å². The van der Waals surface area contributed by atoms with Gasteiger partial charge in [0.2, 0.25) is 5.91 Å². The molecule has 1 aliphatic heterocycles. The zero-order chi connectivity index (χ0) is 23.5. The van der Waals surface area contributed by atoms with Crippen LogP contribution in [0.25, 0.3) is 10.8 Å². The molecule has 0 spiro atoms. The molecule has 1 aliphatic rings. The monoisotopic (exact) mass is 449 g/mol. The third-order valence-corrected chi connectivity index (χ3v) is 6.49. The summed E-state index contributed by atoms with van der Waals surface area (Å²) in [7, 11) is 0. The zero-order valence-corrected chi connectivity index (χ0v) is 18.9. The SMILES string of the molecule is NCc1ccc2c(c1)CCN([C@@H](Cc1ccccc1)C(=O)Nc1ccc3ccccc3c1)C2=O. The van der Waals surface area contributed by atoms with Crippen molar-refractivity contribution in [3.63, 3.8) is 0 Å². The highest BCUT2D eigenvalue weighted by Gasteiger charge is 2.34. The maximum atomic E-state index is 13.6. The number of benzene rings is 4. The number of nitrogens with two attached hydrogens (primary N) is 1. The molecule has 0 saturated heterocycles. The summed E-state index contributed by atoms with van der Waals surface area (Å²) < 4.78 is 0. The van der Waals surface area contributed by atoms with Crippen molar-refractivity contribution in [1.29, 1.82) is 0 Å². The molecular formula is C29H27N3O2. The maximum Gasteiger partial charge on any atom is 0.254 e. The van der Waals surface area contributed by atoms with Gasteiger partial charge in [-0.25, -0.2) is 0 Å². The number of anilines is 1. The molecule has 170 valence electrons. The lowest BCUT2D eigenvalue weighted by Crippen LogP contribution is -2.51. The Hall–Kier alpha value is -3.96. The summed E-state index contributed by atoms with van der Waals surface area (Å²) in [5, 5.41) is 5.23. The number of nitrogens with one attached hydrogen (secondary N) is 1. The fourth-order valence-corrected chi connectivity index (χ4v) is 4.66. The van der Waals surface area contributed by atoms with Crippen LogP contribution in [0.5, 0.6) is 0 Å². The van der Waals surface area contributed by atoms with Crippen LogP contribution in [0.3, 0.4) is 0 Å². The molecule has 34 heavy (non-hydrogen) atoms. The molecule has 3 N–H and O–H groups in total. The predicted molar refractivity (Wildman–Crippen MR) is 136 cm³/mol. The third-order valence-electron chi connectivity index (χ3n) is 6.49. The second-order valence-electron chi connectivity index (χ2n) is 8.70. The first-order valence-corrected chi connectivity index (χ1v) is 11.6. The second kappa shape index (κ2) is 9.49. The molecule has 4 aromatic rings. The molecule has 0 bridgehead atoms. The van der Waals surface area contributed by atoms with Gasteiger partial charge in [0.25, 0.3) is 5.91 Å². The normalized spacial score (nSPS) is 14.0. The summed E-state index contributed by atoms with van der Waals surface area (Å²) in [6.07, 6.45) is 1.14. The summed E-state index contributed by atoms with van der Waals surface area (Å²) in [6, 6.07) is 28.9. The average Bonchev–Trinajstić information content (AvgIpc) is 2.88. The van der Waals surface area contributed by atoms with E-state index in [1.807, 2.05) is 91.0 Å². The van der Waals surface area contributed by atoms with Crippen LogP contribution in [0.4, 0.5) is 5.69 Å². The molecule has 0 aliphatic carbocycles. The highest BCUT2D eigenvalue weighted by atomic mass is 16.2. The smallest absolute Gasteiger partial charge is 0.254 e. The van der Waals surface area contributed by atoms with Crippen molar-refractivity contribution in [3.05, 3.63) is 113 Å². The first kappa shape index (κ1) is 21.9. The summed E-state index contributed by atoms with van der Waals surface area (Å²) in [5.74, 6) is -0.297. The van der Waals surface area contributed by atoms with Crippen LogP contribution in [0.2, 0.25) is 0 Å². The minimum atomic E-state index is -0.622. The molecular weight excluding hydrogens is 422 g/mol. The van der Waals surface area contributed by atoms with Crippen LogP contribution < -0.4 is 11.1 Å². The number of carbonyl (C=O) groups excluding carboxylic acids is 2. The average molecular weight is 450 g/mol. The number of nitrogens with zero attached hydrogens (tertiary/aromatic N) is 1. The van der Waals surface area contributed by atoms with Crippen LogP contribution in [0.15, 0.2) is 91.0 Å². The Balaban J connectivity index is 1.44. The van der Waals surface area contributed by atoms with E-state index in [2.05, 4.69) is 5.32 Å². The highest BCUT2D eigenvalue weighted by Crippen LogP contribution is 2.25. The van der Waals surface area contributed by atoms with E-state index in [0.717, 1.165) is 33.2 Å². The number of hydrogen-bond donors (Lipinski definition) is 2. The van der Waals surface area contributed by atoms with Crippen LogP contribution in [0, 0.1) is 0 Å². The van der Waals surface area contributed by atoms with Crippen LogP contribution in [-0.2, 0) is 24.2 Å². The van der Waals surface area contributed by atoms with E-state index in [1.165, 1.54) is 0 Å². The highest BCUT2D eigenvalue weighted by molar-refractivity contribution is 6.03. The zero-order valence-electron chi connectivity index (χ0n) is 18.9. The number of fused-ring (bicyclic) bond motifs is 2. The molecule has 1 heterocycles. The van der Waals surface area contributed by atoms with Gasteiger partial charge in [0.05, 0.1) is 0 Å². The van der Waals surface area contributed by atoms with E-state index in [9.17, 15) is 9.59 Å². The van der Waals surface area contributed by atoms with Crippen molar-refractivity contribution in [1.82, 2.24) is 4.90 Å². The Morgan fingerprint density at radius 1 is 0.882 bits per heavy atom. The first-order valence-electron chi connectivity index (χ1n) is 11.6. The third kappa shape index (κ3) is 4.43. The molecule has 4 aromatic carbocycles. The number of rotatable bonds is 6. The molecule has 0 fully saturated rings. The van der Waals surface area contributed by atoms with Gasteiger partial charge in [-0.3, -0.25) is 9.59 Å². The topological polar surface area (TPSA) is 75.4 Å². The maximum absolute atomic E-state index is 13.6. The van der Waals surface area contributed by atoms with Gasteiger partial charge in [-0.1, -0.05) is 72.8 Å². The van der Waals surface area contributed by atoms with Crippen LogP contribution in [-0.4, -0.2) is 29.3 Å². The van der Waals surface area contributed by atoms with Crippen molar-refractivity contribution in [3.8, 4) is 0 Å². The van der Waals surface area contributed by atoms with E-state index in [-0.39, 0.29) is 11.8 Å². The quantitative estimate of drug-likeness (QED) is 0.454. The van der Waals surface area contributed by atoms with Crippen LogP contribution in [0.1, 0.15) is 27.0 Å². The van der Waals surface area contributed by atoms with E-state index in [1.54, 1.807) is 4.90 Å². The fourth-order valence-electron chi connectivity index (χ4n) is 4.66. The Morgan fingerprint density at radius 3 is 2.44 bits per heavy atom. The molecule has 0 radical (unpaired) electrons. The van der Waals surface area contributed by atoms with Gasteiger partial charge in [-0.05, 0) is 52.1 Å². The van der Waals surface area contributed by atoms with Gasteiger partial charge in [0, 0.05) is 30.8 Å². The molecule has 1 atom stereocenters. The molecule has 5 nitrogen and oxygen atoms in total. The van der Waals surface area contributed by atoms with Gasteiger partial charge in [-0.15, -0.1) is 0 Å². The lowest BCUT2D eigenvalue weighted by atomic mass is 9.94. The summed E-state index contributed by atoms with van der Waals surface area (Å²) in [5.41, 5.74) is 10.2. The number of hydrogen-bond acceptors (Lipinski definition) is 3. The van der Waals surface area contributed by atoms with E-state index >= 15 is 0 Å². The van der Waals surface area contributed by atoms with Crippen LogP contribution >= 0.6 is 0 Å². The van der Waals surface area contributed by atoms with E-state index in [0.29, 0.717) is 31.5 Å². The minimum absolute atomic E-state index is 0.112. The molecule has 5 heteroatoms. The minimum Gasteiger partial charge on any atom is -0.326 e. The number of carbonyl (C=O) groups is 2. The lowest BCUT2D eigenvalue weighted by Gasteiger charge is -2.35. The molecule has 0 unspecified atom stereocenters. The van der Waals surface area contributed by atoms with Gasteiger partial charge in [0.1, 0.15) is 6.04 Å². The first-order chi connectivity index (χ1) is 16.6. The molecule has 0 aromatic heterocycles. The number of amides is 2. The summed E-state index contributed by atoms with van der Waals surface area (Å²) >= 11 is 0. The van der Waals surface area contributed by atoms with Gasteiger partial charge >= 0.3 is 0 Å².